The van der Waals surface area contributed by atoms with E-state index in [-0.39, 0.29) is 16.7 Å². The van der Waals surface area contributed by atoms with Gasteiger partial charge in [0.1, 0.15) is 5.50 Å². The van der Waals surface area contributed by atoms with Crippen LogP contribution in [0.3, 0.4) is 0 Å². The number of allylic oxidation sites excluding steroid dienone is 2. The van der Waals surface area contributed by atoms with Crippen LogP contribution in [0.4, 0.5) is 5.69 Å². The highest BCUT2D eigenvalue weighted by molar-refractivity contribution is 8.03. The van der Waals surface area contributed by atoms with Crippen molar-refractivity contribution in [2.24, 2.45) is 0 Å². The number of nitro benzene ring substituents is 1. The highest BCUT2D eigenvalue weighted by atomic mass is 32.2. The molecule has 1 unspecified atom stereocenters. The zero-order valence-corrected chi connectivity index (χ0v) is 13.8. The second-order valence-corrected chi connectivity index (χ2v) is 7.65. The van der Waals surface area contributed by atoms with Crippen molar-refractivity contribution in [2.75, 3.05) is 6.54 Å². The maximum atomic E-state index is 11.0. The SMILES string of the molecule is O=[N+]([O-])c1cccc([C@H]2CCCN2C2NC3=C(CCCC3)S2)c1. The standard InChI is InChI=1S/C17H21N3O2S/c21-20(22)13-6-3-5-12(11-13)15-8-4-10-19(15)17-18-14-7-1-2-9-16(14)23-17/h3,5-6,11,15,17-18H,1-2,4,7-10H2/t15-,17?/m1/s1. The maximum Gasteiger partial charge on any atom is 0.269 e. The Hall–Kier alpha value is -1.53. The Morgan fingerprint density at radius 3 is 2.96 bits per heavy atom. The summed E-state index contributed by atoms with van der Waals surface area (Å²) in [5.74, 6) is 0. The second-order valence-electron chi connectivity index (χ2n) is 6.47. The maximum absolute atomic E-state index is 11.0. The molecule has 3 aliphatic rings. The summed E-state index contributed by atoms with van der Waals surface area (Å²) in [6.07, 6.45) is 7.19. The van der Waals surface area contributed by atoms with Crippen LogP contribution in [0, 0.1) is 10.1 Å². The van der Waals surface area contributed by atoms with E-state index in [0.29, 0.717) is 5.50 Å². The molecule has 0 saturated carbocycles. The third-order valence-electron chi connectivity index (χ3n) is 5.03. The molecule has 0 aromatic heterocycles. The predicted molar refractivity (Wildman–Crippen MR) is 91.8 cm³/mol. The Morgan fingerprint density at radius 1 is 1.26 bits per heavy atom. The molecule has 0 amide bonds. The van der Waals surface area contributed by atoms with Crippen molar-refractivity contribution in [2.45, 2.75) is 50.1 Å². The molecule has 1 fully saturated rings. The van der Waals surface area contributed by atoms with Gasteiger partial charge in [0.2, 0.25) is 0 Å². The lowest BCUT2D eigenvalue weighted by Crippen LogP contribution is -2.40. The van der Waals surface area contributed by atoms with Crippen molar-refractivity contribution in [3.8, 4) is 0 Å². The smallest absolute Gasteiger partial charge is 0.269 e. The van der Waals surface area contributed by atoms with Crippen molar-refractivity contribution < 1.29 is 4.92 Å². The van der Waals surface area contributed by atoms with Crippen molar-refractivity contribution in [3.05, 3.63) is 50.5 Å². The summed E-state index contributed by atoms with van der Waals surface area (Å²) in [7, 11) is 0. The van der Waals surface area contributed by atoms with Gasteiger partial charge in [-0.3, -0.25) is 15.0 Å². The fourth-order valence-corrected chi connectivity index (χ4v) is 5.32. The molecule has 2 atom stereocenters. The molecule has 0 spiro atoms. The van der Waals surface area contributed by atoms with Gasteiger partial charge < -0.3 is 5.32 Å². The van der Waals surface area contributed by atoms with E-state index >= 15 is 0 Å². The Balaban J connectivity index is 1.53. The quantitative estimate of drug-likeness (QED) is 0.666. The molecule has 2 aliphatic heterocycles. The first kappa shape index (κ1) is 15.0. The molecular formula is C17H21N3O2S. The molecule has 1 saturated heterocycles. The molecule has 1 N–H and O–H groups in total. The van der Waals surface area contributed by atoms with E-state index in [1.807, 2.05) is 23.9 Å². The van der Waals surface area contributed by atoms with Crippen LogP contribution in [-0.4, -0.2) is 21.9 Å². The first-order chi connectivity index (χ1) is 11.2. The zero-order valence-electron chi connectivity index (χ0n) is 13.0. The van der Waals surface area contributed by atoms with Gasteiger partial charge in [0.05, 0.1) is 4.92 Å². The van der Waals surface area contributed by atoms with Crippen molar-refractivity contribution in [3.63, 3.8) is 0 Å². The van der Waals surface area contributed by atoms with Crippen LogP contribution in [0.5, 0.6) is 0 Å². The molecule has 122 valence electrons. The Bertz CT molecular complexity index is 643. The number of hydrogen-bond acceptors (Lipinski definition) is 5. The fraction of sp³-hybridized carbons (Fsp3) is 0.529. The van der Waals surface area contributed by atoms with Gasteiger partial charge in [-0.05, 0) is 44.1 Å². The Labute approximate surface area is 140 Å². The van der Waals surface area contributed by atoms with Gasteiger partial charge in [-0.1, -0.05) is 23.9 Å². The van der Waals surface area contributed by atoms with Gasteiger partial charge in [0.25, 0.3) is 5.69 Å². The molecule has 1 aromatic rings. The normalized spacial score (nSPS) is 27.8. The fourth-order valence-electron chi connectivity index (χ4n) is 3.90. The summed E-state index contributed by atoms with van der Waals surface area (Å²) in [6, 6.07) is 7.44. The topological polar surface area (TPSA) is 58.4 Å². The summed E-state index contributed by atoms with van der Waals surface area (Å²) < 4.78 is 0. The first-order valence-electron chi connectivity index (χ1n) is 8.38. The molecule has 2 heterocycles. The van der Waals surface area contributed by atoms with Crippen LogP contribution in [0.1, 0.15) is 50.1 Å². The molecule has 0 radical (unpaired) electrons. The van der Waals surface area contributed by atoms with Crippen molar-refractivity contribution in [1.29, 1.82) is 0 Å². The van der Waals surface area contributed by atoms with E-state index in [2.05, 4.69) is 10.2 Å². The predicted octanol–water partition coefficient (Wildman–Crippen LogP) is 4.14. The minimum Gasteiger partial charge on any atom is -0.364 e. The number of thioether (sulfide) groups is 1. The molecule has 1 aromatic carbocycles. The van der Waals surface area contributed by atoms with Crippen LogP contribution < -0.4 is 5.32 Å². The van der Waals surface area contributed by atoms with Gasteiger partial charge in [0.15, 0.2) is 0 Å². The minimum absolute atomic E-state index is 0.193. The van der Waals surface area contributed by atoms with E-state index in [0.717, 1.165) is 24.9 Å². The third-order valence-corrected chi connectivity index (χ3v) is 6.38. The van der Waals surface area contributed by atoms with Gasteiger partial charge in [-0.15, -0.1) is 0 Å². The largest absolute Gasteiger partial charge is 0.364 e. The molecule has 6 heteroatoms. The minimum atomic E-state index is -0.300. The third kappa shape index (κ3) is 2.85. The van der Waals surface area contributed by atoms with Crippen LogP contribution in [-0.2, 0) is 0 Å². The number of hydrogen-bond donors (Lipinski definition) is 1. The summed E-state index contributed by atoms with van der Waals surface area (Å²) in [5, 5.41) is 14.8. The molecule has 1 aliphatic carbocycles. The molecule has 23 heavy (non-hydrogen) atoms. The lowest BCUT2D eigenvalue weighted by atomic mass is 10.0. The Morgan fingerprint density at radius 2 is 2.13 bits per heavy atom. The second kappa shape index (κ2) is 6.17. The van der Waals surface area contributed by atoms with E-state index < -0.39 is 0 Å². The summed E-state index contributed by atoms with van der Waals surface area (Å²) in [4.78, 5) is 14.8. The number of non-ortho nitro benzene ring substituents is 1. The summed E-state index contributed by atoms with van der Waals surface area (Å²) in [6.45, 7) is 1.05. The van der Waals surface area contributed by atoms with E-state index in [1.165, 1.54) is 36.3 Å². The van der Waals surface area contributed by atoms with Crippen LogP contribution >= 0.6 is 11.8 Å². The number of benzene rings is 1. The number of nitrogens with zero attached hydrogens (tertiary/aromatic N) is 2. The molecule has 5 nitrogen and oxygen atoms in total. The van der Waals surface area contributed by atoms with Crippen LogP contribution in [0.25, 0.3) is 0 Å². The van der Waals surface area contributed by atoms with Crippen molar-refractivity contribution >= 4 is 17.4 Å². The van der Waals surface area contributed by atoms with E-state index in [9.17, 15) is 10.1 Å². The lowest BCUT2D eigenvalue weighted by molar-refractivity contribution is -0.384. The molecular weight excluding hydrogens is 310 g/mol. The van der Waals surface area contributed by atoms with E-state index in [1.54, 1.807) is 12.1 Å². The summed E-state index contributed by atoms with van der Waals surface area (Å²) in [5.41, 5.74) is 3.00. The average molecular weight is 331 g/mol. The molecule has 0 bridgehead atoms. The average Bonchev–Trinajstić information content (AvgIpc) is 3.21. The van der Waals surface area contributed by atoms with Gasteiger partial charge in [0, 0.05) is 35.3 Å². The van der Waals surface area contributed by atoms with Gasteiger partial charge in [-0.2, -0.15) is 0 Å². The number of nitro groups is 1. The number of likely N-dealkylation sites (tertiary alicyclic amines) is 1. The Kier molecular flexibility index (Phi) is 4.03. The first-order valence-corrected chi connectivity index (χ1v) is 9.25. The number of nitrogens with one attached hydrogen (secondary N) is 1. The summed E-state index contributed by atoms with van der Waals surface area (Å²) >= 11 is 1.96. The van der Waals surface area contributed by atoms with Crippen LogP contribution in [0.15, 0.2) is 34.9 Å². The van der Waals surface area contributed by atoms with Gasteiger partial charge >= 0.3 is 0 Å². The van der Waals surface area contributed by atoms with Crippen LogP contribution in [0.2, 0.25) is 0 Å². The van der Waals surface area contributed by atoms with Gasteiger partial charge in [-0.25, -0.2) is 0 Å². The highest BCUT2D eigenvalue weighted by Crippen LogP contribution is 2.45. The number of rotatable bonds is 3. The zero-order chi connectivity index (χ0) is 15.8. The monoisotopic (exact) mass is 331 g/mol. The molecule has 4 rings (SSSR count). The van der Waals surface area contributed by atoms with E-state index in [4.69, 9.17) is 0 Å². The van der Waals surface area contributed by atoms with Crippen molar-refractivity contribution in [1.82, 2.24) is 10.2 Å². The lowest BCUT2D eigenvalue weighted by Gasteiger charge is -2.30. The highest BCUT2D eigenvalue weighted by Gasteiger charge is 2.37.